The van der Waals surface area contributed by atoms with Crippen LogP contribution in [0.2, 0.25) is 0 Å². The number of benzene rings is 2. The number of rotatable bonds is 6. The maximum absolute atomic E-state index is 12.9. The van der Waals surface area contributed by atoms with Gasteiger partial charge < -0.3 is 14.4 Å². The van der Waals surface area contributed by atoms with Crippen LogP contribution in [0.1, 0.15) is 10.4 Å². The first kappa shape index (κ1) is 17.1. The van der Waals surface area contributed by atoms with Crippen molar-refractivity contribution in [3.05, 3.63) is 65.2 Å². The number of hydrogen-bond donors (Lipinski definition) is 0. The van der Waals surface area contributed by atoms with E-state index in [9.17, 15) is 4.79 Å². The van der Waals surface area contributed by atoms with Crippen LogP contribution in [-0.2, 0) is 0 Å². The van der Waals surface area contributed by atoms with E-state index >= 15 is 0 Å². The summed E-state index contributed by atoms with van der Waals surface area (Å²) in [5.41, 5.74) is 1.28. The van der Waals surface area contributed by atoms with Crippen LogP contribution in [0.4, 0.5) is 5.69 Å². The second-order valence-corrected chi connectivity index (χ2v) is 5.53. The van der Waals surface area contributed by atoms with Gasteiger partial charge in [-0.1, -0.05) is 24.3 Å². The Bertz CT molecular complexity index is 676. The molecule has 23 heavy (non-hydrogen) atoms. The lowest BCUT2D eigenvalue weighted by molar-refractivity contribution is 0.0989. The van der Waals surface area contributed by atoms with Crippen molar-refractivity contribution in [2.24, 2.45) is 0 Å². The van der Waals surface area contributed by atoms with Gasteiger partial charge in [-0.3, -0.25) is 4.79 Å². The Morgan fingerprint density at radius 3 is 2.22 bits per heavy atom. The first-order valence-electron chi connectivity index (χ1n) is 7.01. The molecule has 5 heteroatoms. The third-order valence-electron chi connectivity index (χ3n) is 3.32. The molecule has 2 aromatic carbocycles. The van der Waals surface area contributed by atoms with E-state index < -0.39 is 0 Å². The highest BCUT2D eigenvalue weighted by Gasteiger charge is 2.20. The van der Waals surface area contributed by atoms with Crippen molar-refractivity contribution in [2.75, 3.05) is 25.7 Å². The van der Waals surface area contributed by atoms with Gasteiger partial charge in [-0.05, 0) is 40.2 Å². The summed E-state index contributed by atoms with van der Waals surface area (Å²) < 4.78 is 11.3. The van der Waals surface area contributed by atoms with Crippen molar-refractivity contribution in [1.29, 1.82) is 0 Å². The Labute approximate surface area is 144 Å². The van der Waals surface area contributed by atoms with Crippen molar-refractivity contribution >= 4 is 27.5 Å². The molecule has 0 saturated heterocycles. The van der Waals surface area contributed by atoms with Gasteiger partial charge >= 0.3 is 0 Å². The Hall–Kier alpha value is -2.27. The van der Waals surface area contributed by atoms with Crippen LogP contribution in [0.5, 0.6) is 11.5 Å². The van der Waals surface area contributed by atoms with E-state index in [1.165, 1.54) is 0 Å². The smallest absolute Gasteiger partial charge is 0.258 e. The Balaban J connectivity index is 2.46. The minimum atomic E-state index is -0.153. The van der Waals surface area contributed by atoms with E-state index in [0.29, 0.717) is 28.1 Å². The van der Waals surface area contributed by atoms with Gasteiger partial charge in [0.1, 0.15) is 16.0 Å². The predicted octanol–water partition coefficient (Wildman–Crippen LogP) is 4.30. The zero-order valence-corrected chi connectivity index (χ0v) is 14.7. The van der Waals surface area contributed by atoms with Crippen molar-refractivity contribution in [2.45, 2.75) is 0 Å². The number of anilines is 1. The number of ether oxygens (including phenoxy) is 2. The van der Waals surface area contributed by atoms with Gasteiger partial charge in [0.05, 0.1) is 14.2 Å². The zero-order chi connectivity index (χ0) is 16.8. The van der Waals surface area contributed by atoms with Gasteiger partial charge in [-0.15, -0.1) is 6.58 Å². The van der Waals surface area contributed by atoms with Crippen molar-refractivity contribution in [3.8, 4) is 11.5 Å². The second kappa shape index (κ2) is 7.83. The van der Waals surface area contributed by atoms with Gasteiger partial charge in [-0.2, -0.15) is 0 Å². The summed E-state index contributed by atoms with van der Waals surface area (Å²) in [5, 5.41) is 0. The van der Waals surface area contributed by atoms with Crippen LogP contribution in [0, 0.1) is 0 Å². The molecule has 0 bridgehead atoms. The maximum Gasteiger partial charge on any atom is 0.258 e. The molecular formula is C18H18BrNO3. The van der Waals surface area contributed by atoms with Crippen molar-refractivity contribution in [1.82, 2.24) is 0 Å². The third kappa shape index (κ3) is 3.74. The van der Waals surface area contributed by atoms with Crippen LogP contribution >= 0.6 is 15.9 Å². The number of para-hydroxylation sites is 1. The van der Waals surface area contributed by atoms with E-state index in [0.717, 1.165) is 5.69 Å². The number of methoxy groups -OCH3 is 2. The minimum absolute atomic E-state index is 0.153. The summed E-state index contributed by atoms with van der Waals surface area (Å²) in [7, 11) is 3.10. The first-order chi connectivity index (χ1) is 11.1. The van der Waals surface area contributed by atoms with Gasteiger partial charge in [0, 0.05) is 17.8 Å². The van der Waals surface area contributed by atoms with E-state index in [1.807, 2.05) is 30.3 Å². The zero-order valence-electron chi connectivity index (χ0n) is 13.1. The molecule has 0 fully saturated rings. The number of nitrogens with zero attached hydrogens (tertiary/aromatic N) is 1. The summed E-state index contributed by atoms with van der Waals surface area (Å²) in [6.07, 6.45) is 1.69. The SMILES string of the molecule is C=CCN(C(=O)c1cc(OC)c(Br)c(OC)c1)c1ccccc1. The average molecular weight is 376 g/mol. The number of amides is 1. The lowest BCUT2D eigenvalue weighted by atomic mass is 10.1. The number of carbonyl (C=O) groups excluding carboxylic acids is 1. The fourth-order valence-electron chi connectivity index (χ4n) is 2.19. The molecule has 2 aromatic rings. The molecule has 0 spiro atoms. The summed E-state index contributed by atoms with van der Waals surface area (Å²) in [6, 6.07) is 12.8. The largest absolute Gasteiger partial charge is 0.495 e. The molecule has 120 valence electrons. The highest BCUT2D eigenvalue weighted by Crippen LogP contribution is 2.36. The molecule has 0 saturated carbocycles. The molecule has 1 amide bonds. The predicted molar refractivity (Wildman–Crippen MR) is 95.6 cm³/mol. The van der Waals surface area contributed by atoms with Crippen molar-refractivity contribution < 1.29 is 14.3 Å². The molecule has 0 N–H and O–H groups in total. The highest BCUT2D eigenvalue weighted by atomic mass is 79.9. The summed E-state index contributed by atoms with van der Waals surface area (Å²) in [6.45, 7) is 4.14. The molecule has 2 rings (SSSR count). The lowest BCUT2D eigenvalue weighted by Gasteiger charge is -2.22. The van der Waals surface area contributed by atoms with Crippen LogP contribution < -0.4 is 14.4 Å². The van der Waals surface area contributed by atoms with E-state index in [4.69, 9.17) is 9.47 Å². The third-order valence-corrected chi connectivity index (χ3v) is 4.10. The quantitative estimate of drug-likeness (QED) is 0.706. The van der Waals surface area contributed by atoms with Crippen LogP contribution in [0.25, 0.3) is 0 Å². The van der Waals surface area contributed by atoms with Crippen LogP contribution in [0.3, 0.4) is 0 Å². The second-order valence-electron chi connectivity index (χ2n) is 4.73. The molecule has 0 radical (unpaired) electrons. The molecule has 0 unspecified atom stereocenters. The van der Waals surface area contributed by atoms with Gasteiger partial charge in [0.15, 0.2) is 0 Å². The Kier molecular flexibility index (Phi) is 5.82. The standard InChI is InChI=1S/C18H18BrNO3/c1-4-10-20(14-8-6-5-7-9-14)18(21)13-11-15(22-2)17(19)16(12-13)23-3/h4-9,11-12H,1,10H2,2-3H3. The molecule has 4 nitrogen and oxygen atoms in total. The normalized spacial score (nSPS) is 10.0. The minimum Gasteiger partial charge on any atom is -0.495 e. The topological polar surface area (TPSA) is 38.8 Å². The van der Waals surface area contributed by atoms with Crippen LogP contribution in [0.15, 0.2) is 59.6 Å². The number of hydrogen-bond acceptors (Lipinski definition) is 3. The summed E-state index contributed by atoms with van der Waals surface area (Å²) >= 11 is 3.41. The Morgan fingerprint density at radius 1 is 1.17 bits per heavy atom. The number of halogens is 1. The molecular weight excluding hydrogens is 358 g/mol. The fraction of sp³-hybridized carbons (Fsp3) is 0.167. The fourth-order valence-corrected chi connectivity index (χ4v) is 2.74. The van der Waals surface area contributed by atoms with Crippen LogP contribution in [-0.4, -0.2) is 26.7 Å². The Morgan fingerprint density at radius 2 is 1.74 bits per heavy atom. The lowest BCUT2D eigenvalue weighted by Crippen LogP contribution is -2.31. The van der Waals surface area contributed by atoms with E-state index in [1.54, 1.807) is 37.3 Å². The molecule has 0 aliphatic carbocycles. The molecule has 0 aliphatic rings. The van der Waals surface area contributed by atoms with Gasteiger partial charge in [-0.25, -0.2) is 0 Å². The first-order valence-corrected chi connectivity index (χ1v) is 7.81. The molecule has 0 heterocycles. The highest BCUT2D eigenvalue weighted by molar-refractivity contribution is 9.10. The number of carbonyl (C=O) groups is 1. The average Bonchev–Trinajstić information content (AvgIpc) is 2.60. The van der Waals surface area contributed by atoms with Gasteiger partial charge in [0.25, 0.3) is 5.91 Å². The summed E-state index contributed by atoms with van der Waals surface area (Å²) in [4.78, 5) is 14.6. The molecule has 0 aliphatic heterocycles. The van der Waals surface area contributed by atoms with Gasteiger partial charge in [0.2, 0.25) is 0 Å². The van der Waals surface area contributed by atoms with E-state index in [-0.39, 0.29) is 5.91 Å². The molecule has 0 atom stereocenters. The maximum atomic E-state index is 12.9. The summed E-state index contributed by atoms with van der Waals surface area (Å²) in [5.74, 6) is 0.929. The van der Waals surface area contributed by atoms with E-state index in [2.05, 4.69) is 22.5 Å². The molecule has 0 aromatic heterocycles. The monoisotopic (exact) mass is 375 g/mol. The van der Waals surface area contributed by atoms with Crippen molar-refractivity contribution in [3.63, 3.8) is 0 Å².